The summed E-state index contributed by atoms with van der Waals surface area (Å²) in [7, 11) is -0.0293. The maximum absolute atomic E-state index is 10.2. The topological polar surface area (TPSA) is 63.2 Å². The summed E-state index contributed by atoms with van der Waals surface area (Å²) in [5, 5.41) is 0. The maximum Gasteiger partial charge on any atom is 0.166 e. The molecular weight excluding hydrogens is 757 g/mol. The zero-order chi connectivity index (χ0) is 35.2. The van der Waals surface area contributed by atoms with E-state index in [1.807, 2.05) is 0 Å². The van der Waals surface area contributed by atoms with Crippen LogP contribution in [-0.4, -0.2) is 20.2 Å². The van der Waals surface area contributed by atoms with Crippen LogP contribution in [-0.2, 0) is 24.8 Å². The molecule has 0 spiro atoms. The summed E-state index contributed by atoms with van der Waals surface area (Å²) in [6, 6.07) is 64.3. The predicted molar refractivity (Wildman–Crippen MR) is 200 cm³/mol. The molecule has 0 N–H and O–H groups in total. The Morgan fingerprint density at radius 1 is 0.408 bits per heavy atom. The predicted octanol–water partition coefficient (Wildman–Crippen LogP) is 9.69. The molecule has 0 fully saturated rings. The largest absolute Gasteiger partial charge is 0.166 e. The van der Waals surface area contributed by atoms with Crippen LogP contribution >= 0.6 is 0 Å². The van der Waals surface area contributed by atoms with Crippen LogP contribution in [0.5, 0.6) is 0 Å². The van der Waals surface area contributed by atoms with Gasteiger partial charge in [0.05, 0.1) is 21.8 Å². The van der Waals surface area contributed by atoms with Gasteiger partial charge in [-0.15, -0.1) is 0 Å². The van der Waals surface area contributed by atoms with Crippen molar-refractivity contribution in [1.82, 2.24) is 0 Å². The minimum Gasteiger partial charge on any atom is -0.0619 e. The first-order valence-electron chi connectivity index (χ1n) is 16.3. The van der Waals surface area contributed by atoms with E-state index in [2.05, 4.69) is 196 Å². The van der Waals surface area contributed by atoms with Crippen LogP contribution in [0.4, 0.5) is 2.81 Å². The fraction of sp³-hybridized carbons (Fsp3) is 0.143. The zero-order valence-electron chi connectivity index (χ0n) is 28.0. The van der Waals surface area contributed by atoms with E-state index in [0.29, 0.717) is 0 Å². The van der Waals surface area contributed by atoms with Gasteiger partial charge >= 0.3 is 32.8 Å². The second kappa shape index (κ2) is 23.0. The van der Waals surface area contributed by atoms with Gasteiger partial charge < -0.3 is 0 Å². The molecule has 0 unspecified atom stereocenters. The van der Waals surface area contributed by atoms with Gasteiger partial charge in [0, 0.05) is 0 Å². The molecule has 0 aromatic heterocycles. The number of rotatable bonds is 9. The van der Waals surface area contributed by atoms with Gasteiger partial charge in [-0.3, -0.25) is 0 Å². The van der Waals surface area contributed by atoms with Crippen LogP contribution < -0.4 is 6.77 Å². The van der Waals surface area contributed by atoms with Gasteiger partial charge in [-0.2, -0.15) is 0 Å². The Kier molecular flexibility index (Phi) is 18.7. The summed E-state index contributed by atoms with van der Waals surface area (Å²) in [6.07, 6.45) is 5.54. The van der Waals surface area contributed by atoms with Gasteiger partial charge in [0.1, 0.15) is 0 Å². The fourth-order valence-electron chi connectivity index (χ4n) is 4.66. The molecule has 0 bridgehead atoms. The van der Waals surface area contributed by atoms with E-state index < -0.39 is 20.2 Å². The van der Waals surface area contributed by atoms with E-state index in [-0.39, 0.29) is 21.8 Å². The third kappa shape index (κ3) is 15.7. The first-order chi connectivity index (χ1) is 23.8. The van der Waals surface area contributed by atoms with E-state index in [1.165, 1.54) is 55.1 Å². The Morgan fingerprint density at radius 2 is 0.551 bits per heavy atom. The van der Waals surface area contributed by atoms with Crippen LogP contribution in [0.3, 0.4) is 0 Å². The molecule has 0 aliphatic heterocycles. The molecule has 0 saturated heterocycles. The second-order valence-electron chi connectivity index (χ2n) is 10.6. The summed E-state index contributed by atoms with van der Waals surface area (Å²) in [6.45, 7) is 4.46. The Labute approximate surface area is 303 Å². The van der Waals surface area contributed by atoms with Crippen molar-refractivity contribution >= 4 is 42.0 Å². The average molecular weight is 802 g/mol. The summed E-state index contributed by atoms with van der Waals surface area (Å²) in [5.41, 5.74) is 0. The van der Waals surface area contributed by atoms with Crippen molar-refractivity contribution in [1.29, 1.82) is 0 Å². The van der Waals surface area contributed by atoms with Gasteiger partial charge in [0.15, 0.2) is 29.4 Å². The Balaban J connectivity index is 0.000000205. The van der Waals surface area contributed by atoms with E-state index >= 15 is 0 Å². The van der Waals surface area contributed by atoms with Crippen molar-refractivity contribution in [2.45, 2.75) is 68.9 Å². The molecular formula is C42H44FO3S2Sb. The summed E-state index contributed by atoms with van der Waals surface area (Å²) < 4.78 is 35.8. The summed E-state index contributed by atoms with van der Waals surface area (Å²) >= 11 is -6.35. The van der Waals surface area contributed by atoms with Crippen molar-refractivity contribution in [3.8, 4) is 0 Å². The van der Waals surface area contributed by atoms with Crippen molar-refractivity contribution in [2.75, 3.05) is 0 Å². The van der Waals surface area contributed by atoms with Crippen molar-refractivity contribution < 1.29 is 12.6 Å². The fourth-order valence-corrected chi connectivity index (χ4v) is 8.86. The molecule has 0 aliphatic carbocycles. The van der Waals surface area contributed by atoms with Gasteiger partial charge in [-0.1, -0.05) is 149 Å². The van der Waals surface area contributed by atoms with Crippen LogP contribution in [0, 0.1) is 0 Å². The first kappa shape index (κ1) is 39.9. The third-order valence-corrected chi connectivity index (χ3v) is 11.3. The molecule has 0 atom stereocenters. The monoisotopic (exact) mass is 800 g/mol. The van der Waals surface area contributed by atoms with E-state index in [4.69, 9.17) is 9.79 Å². The Hall–Kier alpha value is -3.51. The number of benzene rings is 6. The van der Waals surface area contributed by atoms with Crippen molar-refractivity contribution in [2.24, 2.45) is 0 Å². The number of hydrogen-bond donors (Lipinski definition) is 0. The number of halogens is 1. The average Bonchev–Trinajstić information content (AvgIpc) is 3.14. The third-order valence-electron chi connectivity index (χ3n) is 6.83. The molecule has 6 aromatic carbocycles. The Morgan fingerprint density at radius 3 is 0.673 bits per heavy atom. The van der Waals surface area contributed by atoms with E-state index in [0.717, 1.165) is 0 Å². The quantitative estimate of drug-likeness (QED) is 0.0832. The molecule has 49 heavy (non-hydrogen) atoms. The molecule has 0 aliphatic rings. The van der Waals surface area contributed by atoms with E-state index in [9.17, 15) is 2.81 Å². The molecule has 0 saturated carbocycles. The van der Waals surface area contributed by atoms with Gasteiger partial charge in [-0.05, 0) is 72.8 Å². The minimum atomic E-state index is -6.35. The molecule has 7 heteroatoms. The van der Waals surface area contributed by atoms with Gasteiger partial charge in [-0.25, -0.2) is 0 Å². The molecule has 0 heterocycles. The SMILES string of the molecule is CCCCCC.[O]=[Sb]([O-])([O-])[F].c1ccc([S+](c2ccccc2)c2ccccc2)cc1.c1ccc([S+](c2ccccc2)c2ccccc2)cc1. The second-order valence-corrected chi connectivity index (χ2v) is 17.1. The van der Waals surface area contributed by atoms with Gasteiger partial charge in [0.25, 0.3) is 0 Å². The van der Waals surface area contributed by atoms with Crippen LogP contribution in [0.1, 0.15) is 39.5 Å². The van der Waals surface area contributed by atoms with Crippen molar-refractivity contribution in [3.63, 3.8) is 0 Å². The molecule has 6 rings (SSSR count). The standard InChI is InChI=1S/2C18H15S.C6H14.FH.3O.Sb/c2*1-4-10-16(11-5-1)19(17-12-6-2-7-13-17)18-14-8-3-9-15-18;1-3-5-6-4-2;;;;;/h2*1-15H;3-6H2,1-2H3;1H;;;;/q2*+1;;;;2*-1;+1/p-1. The molecule has 0 radical (unpaired) electrons. The van der Waals surface area contributed by atoms with Crippen molar-refractivity contribution in [3.05, 3.63) is 182 Å². The van der Waals surface area contributed by atoms with Crippen LogP contribution in [0.15, 0.2) is 211 Å². The van der Waals surface area contributed by atoms with Crippen LogP contribution in [0.25, 0.3) is 0 Å². The minimum absolute atomic E-state index is 0.0146. The summed E-state index contributed by atoms with van der Waals surface area (Å²) in [4.78, 5) is 8.17. The molecule has 0 amide bonds. The smallest absolute Gasteiger partial charge is 0.0619 e. The van der Waals surface area contributed by atoms with E-state index in [1.54, 1.807) is 0 Å². The zero-order valence-corrected chi connectivity index (χ0v) is 32.2. The maximum atomic E-state index is 10.2. The molecule has 3 nitrogen and oxygen atoms in total. The van der Waals surface area contributed by atoms with Gasteiger partial charge in [0.2, 0.25) is 0 Å². The normalized spacial score (nSPS) is 10.5. The molecule has 254 valence electrons. The Bertz CT molecular complexity index is 1410. The first-order valence-corrected chi connectivity index (χ1v) is 22.9. The number of hydrogen-bond acceptors (Lipinski definition) is 3. The molecule has 6 aromatic rings. The van der Waals surface area contributed by atoms with Crippen LogP contribution in [0.2, 0.25) is 0 Å². The summed E-state index contributed by atoms with van der Waals surface area (Å²) in [5.74, 6) is 0. The number of unbranched alkanes of at least 4 members (excludes halogenated alkanes) is 3.